The third-order valence-electron chi connectivity index (χ3n) is 5.34. The van der Waals surface area contributed by atoms with E-state index in [-0.39, 0.29) is 24.1 Å². The lowest BCUT2D eigenvalue weighted by atomic mass is 10.00. The molecule has 2 N–H and O–H groups in total. The van der Waals surface area contributed by atoms with Gasteiger partial charge in [-0.25, -0.2) is 4.79 Å². The van der Waals surface area contributed by atoms with Gasteiger partial charge in [0.1, 0.15) is 0 Å². The Balaban J connectivity index is 1.54. The summed E-state index contributed by atoms with van der Waals surface area (Å²) in [6.07, 6.45) is 0.890. The summed E-state index contributed by atoms with van der Waals surface area (Å²) in [4.78, 5) is 39.4. The van der Waals surface area contributed by atoms with Gasteiger partial charge >= 0.3 is 6.09 Å². The smallest absolute Gasteiger partial charge is 0.411 e. The van der Waals surface area contributed by atoms with Gasteiger partial charge < -0.3 is 19.8 Å². The van der Waals surface area contributed by atoms with Crippen LogP contribution in [0.25, 0.3) is 0 Å². The van der Waals surface area contributed by atoms with Crippen molar-refractivity contribution in [3.05, 3.63) is 89.9 Å². The number of hydrogen-bond donors (Lipinski definition) is 2. The lowest BCUT2D eigenvalue weighted by Crippen LogP contribution is -2.46. The van der Waals surface area contributed by atoms with E-state index in [9.17, 15) is 14.4 Å². The first-order valence-electron chi connectivity index (χ1n) is 10.8. The maximum Gasteiger partial charge on any atom is 0.411 e. The number of amides is 3. The maximum atomic E-state index is 13.0. The molecule has 1 saturated heterocycles. The highest BCUT2D eigenvalue weighted by atomic mass is 16.6. The molecule has 1 fully saturated rings. The van der Waals surface area contributed by atoms with Gasteiger partial charge in [-0.05, 0) is 41.8 Å². The third-order valence-corrected chi connectivity index (χ3v) is 5.34. The lowest BCUT2D eigenvalue weighted by molar-refractivity contribution is -0.126. The zero-order valence-corrected chi connectivity index (χ0v) is 18.2. The first-order valence-corrected chi connectivity index (χ1v) is 10.8. The molecule has 2 aromatic carbocycles. The molecule has 33 heavy (non-hydrogen) atoms. The molecule has 3 amide bonds. The standard InChI is InChI=1S/C25H25N3O5/c1-2-14-26-24(30)21-22(33-25(31)28(21)16-17-7-4-3-5-8-17)18-10-12-19(13-11-18)27-23(29)20-9-6-15-32-20/h3-13,15,21-22H,2,14,16H2,1H3,(H,26,30)(H,27,29)/t21-,22-/m0/s1. The molecule has 1 aromatic heterocycles. The molecule has 0 radical (unpaired) electrons. The highest BCUT2D eigenvalue weighted by Gasteiger charge is 2.46. The Hall–Kier alpha value is -4.07. The molecule has 8 heteroatoms. The van der Waals surface area contributed by atoms with Gasteiger partial charge in [0.05, 0.1) is 12.8 Å². The zero-order valence-electron chi connectivity index (χ0n) is 18.2. The summed E-state index contributed by atoms with van der Waals surface area (Å²) in [6.45, 7) is 2.73. The molecule has 8 nitrogen and oxygen atoms in total. The van der Waals surface area contributed by atoms with Crippen molar-refractivity contribution in [2.24, 2.45) is 0 Å². The summed E-state index contributed by atoms with van der Waals surface area (Å²) in [5, 5.41) is 5.63. The quantitative estimate of drug-likeness (QED) is 0.541. The highest BCUT2D eigenvalue weighted by Crippen LogP contribution is 2.34. The van der Waals surface area contributed by atoms with Crippen molar-refractivity contribution in [2.45, 2.75) is 32.0 Å². The summed E-state index contributed by atoms with van der Waals surface area (Å²) < 4.78 is 10.7. The molecule has 170 valence electrons. The predicted octanol–water partition coefficient (Wildman–Crippen LogP) is 4.12. The molecule has 2 atom stereocenters. The summed E-state index contributed by atoms with van der Waals surface area (Å²) in [7, 11) is 0. The van der Waals surface area contributed by atoms with E-state index in [1.807, 2.05) is 37.3 Å². The first-order chi connectivity index (χ1) is 16.1. The van der Waals surface area contributed by atoms with Crippen molar-refractivity contribution < 1.29 is 23.5 Å². The van der Waals surface area contributed by atoms with Crippen LogP contribution < -0.4 is 10.6 Å². The monoisotopic (exact) mass is 447 g/mol. The fourth-order valence-corrected chi connectivity index (χ4v) is 3.70. The van der Waals surface area contributed by atoms with E-state index < -0.39 is 18.2 Å². The van der Waals surface area contributed by atoms with Crippen molar-refractivity contribution in [3.63, 3.8) is 0 Å². The van der Waals surface area contributed by atoms with Crippen molar-refractivity contribution in [1.29, 1.82) is 0 Å². The molecule has 0 aliphatic carbocycles. The summed E-state index contributed by atoms with van der Waals surface area (Å²) in [5.41, 5.74) is 2.11. The second-order valence-electron chi connectivity index (χ2n) is 7.71. The Labute approximate surface area is 191 Å². The number of carbonyl (C=O) groups excluding carboxylic acids is 3. The maximum absolute atomic E-state index is 13.0. The fourth-order valence-electron chi connectivity index (χ4n) is 3.70. The Kier molecular flexibility index (Phi) is 6.73. The predicted molar refractivity (Wildman–Crippen MR) is 121 cm³/mol. The number of ether oxygens (including phenoxy) is 1. The van der Waals surface area contributed by atoms with Crippen LogP contribution >= 0.6 is 0 Å². The Morgan fingerprint density at radius 1 is 1.00 bits per heavy atom. The number of hydrogen-bond acceptors (Lipinski definition) is 5. The number of rotatable bonds is 8. The lowest BCUT2D eigenvalue weighted by Gasteiger charge is -2.24. The largest absolute Gasteiger partial charge is 0.459 e. The van der Waals surface area contributed by atoms with E-state index in [0.29, 0.717) is 17.8 Å². The van der Waals surface area contributed by atoms with Crippen LogP contribution in [0.2, 0.25) is 0 Å². The highest BCUT2D eigenvalue weighted by molar-refractivity contribution is 6.02. The molecule has 0 unspecified atom stereocenters. The average molecular weight is 447 g/mol. The number of nitrogens with zero attached hydrogens (tertiary/aromatic N) is 1. The minimum absolute atomic E-state index is 0.202. The van der Waals surface area contributed by atoms with E-state index in [4.69, 9.17) is 9.15 Å². The zero-order chi connectivity index (χ0) is 23.2. The van der Waals surface area contributed by atoms with Crippen LogP contribution in [-0.4, -0.2) is 35.4 Å². The molecule has 0 bridgehead atoms. The third kappa shape index (κ3) is 5.06. The summed E-state index contributed by atoms with van der Waals surface area (Å²) in [6, 6.07) is 18.7. The molecule has 0 spiro atoms. The second kappa shape index (κ2) is 10.0. The van der Waals surface area contributed by atoms with Crippen LogP contribution in [-0.2, 0) is 16.1 Å². The molecule has 3 aromatic rings. The Bertz CT molecular complexity index is 1100. The summed E-state index contributed by atoms with van der Waals surface area (Å²) >= 11 is 0. The first kappa shape index (κ1) is 22.1. The SMILES string of the molecule is CCCNC(=O)[C@@H]1[C@H](c2ccc(NC(=O)c3ccco3)cc2)OC(=O)N1Cc1ccccc1. The fraction of sp³-hybridized carbons (Fsp3) is 0.240. The minimum atomic E-state index is -0.812. The van der Waals surface area contributed by atoms with Crippen LogP contribution in [0.4, 0.5) is 10.5 Å². The molecular weight excluding hydrogens is 422 g/mol. The van der Waals surface area contributed by atoms with Crippen molar-refractivity contribution in [1.82, 2.24) is 10.2 Å². The molecule has 4 rings (SSSR count). The van der Waals surface area contributed by atoms with E-state index in [1.54, 1.807) is 36.4 Å². The Morgan fingerprint density at radius 3 is 2.42 bits per heavy atom. The number of cyclic esters (lactones) is 1. The van der Waals surface area contributed by atoms with Gasteiger partial charge in [-0.2, -0.15) is 0 Å². The van der Waals surface area contributed by atoms with E-state index in [2.05, 4.69) is 10.6 Å². The minimum Gasteiger partial charge on any atom is -0.459 e. The molecule has 2 heterocycles. The second-order valence-corrected chi connectivity index (χ2v) is 7.71. The van der Waals surface area contributed by atoms with Crippen LogP contribution in [0.5, 0.6) is 0 Å². The van der Waals surface area contributed by atoms with E-state index >= 15 is 0 Å². The van der Waals surface area contributed by atoms with E-state index in [0.717, 1.165) is 12.0 Å². The molecule has 0 saturated carbocycles. The van der Waals surface area contributed by atoms with Crippen LogP contribution in [0.15, 0.2) is 77.4 Å². The van der Waals surface area contributed by atoms with Crippen LogP contribution in [0.1, 0.15) is 41.1 Å². The number of furan rings is 1. The molecular formula is C25H25N3O5. The van der Waals surface area contributed by atoms with Gasteiger partial charge in [0, 0.05) is 12.2 Å². The summed E-state index contributed by atoms with van der Waals surface area (Å²) in [5.74, 6) is -0.433. The number of carbonyl (C=O) groups is 3. The molecule has 1 aliphatic heterocycles. The van der Waals surface area contributed by atoms with Gasteiger partial charge in [0.2, 0.25) is 5.91 Å². The van der Waals surface area contributed by atoms with Crippen molar-refractivity contribution in [3.8, 4) is 0 Å². The number of anilines is 1. The van der Waals surface area contributed by atoms with E-state index in [1.165, 1.54) is 11.2 Å². The molecule has 1 aliphatic rings. The normalized spacial score (nSPS) is 17.5. The Morgan fingerprint density at radius 2 is 1.76 bits per heavy atom. The van der Waals surface area contributed by atoms with Gasteiger partial charge in [-0.15, -0.1) is 0 Å². The number of nitrogens with one attached hydrogen (secondary N) is 2. The van der Waals surface area contributed by atoms with Crippen molar-refractivity contribution >= 4 is 23.6 Å². The number of benzene rings is 2. The topological polar surface area (TPSA) is 101 Å². The van der Waals surface area contributed by atoms with Gasteiger partial charge in [-0.3, -0.25) is 14.5 Å². The average Bonchev–Trinajstić information content (AvgIpc) is 3.48. The van der Waals surface area contributed by atoms with Gasteiger partial charge in [0.15, 0.2) is 17.9 Å². The van der Waals surface area contributed by atoms with Gasteiger partial charge in [0.25, 0.3) is 5.91 Å². The van der Waals surface area contributed by atoms with Crippen molar-refractivity contribution in [2.75, 3.05) is 11.9 Å². The van der Waals surface area contributed by atoms with Gasteiger partial charge in [-0.1, -0.05) is 49.4 Å². The van der Waals surface area contributed by atoms with Crippen LogP contribution in [0.3, 0.4) is 0 Å². The van der Waals surface area contributed by atoms with Crippen LogP contribution in [0, 0.1) is 0 Å².